The molecule has 0 atom stereocenters. The molecule has 3 nitrogen and oxygen atoms in total. The summed E-state index contributed by atoms with van der Waals surface area (Å²) in [6.45, 7) is 10.4. The van der Waals surface area contributed by atoms with Gasteiger partial charge in [0.05, 0.1) is 6.54 Å². The first kappa shape index (κ1) is 10.3. The average Bonchev–Trinajstić information content (AvgIpc) is 2.46. The van der Waals surface area contributed by atoms with Gasteiger partial charge in [0.15, 0.2) is 0 Å². The highest BCUT2D eigenvalue weighted by molar-refractivity contribution is 4.92. The lowest BCUT2D eigenvalue weighted by molar-refractivity contribution is 0.412. The number of rotatable bonds is 3. The summed E-state index contributed by atoms with van der Waals surface area (Å²) in [7, 11) is 0. The zero-order valence-electron chi connectivity index (χ0n) is 8.96. The standard InChI is InChI=1S/C10H19N3/c1-5-13-7-6-11-9(13)8-12-10(2,3)4/h6-7,12H,5,8H2,1-4H3. The minimum atomic E-state index is 0.157. The number of aromatic nitrogens is 2. The molecule has 1 aromatic rings. The van der Waals surface area contributed by atoms with Crippen molar-refractivity contribution in [1.29, 1.82) is 0 Å². The van der Waals surface area contributed by atoms with Gasteiger partial charge in [0, 0.05) is 24.5 Å². The van der Waals surface area contributed by atoms with Crippen LogP contribution in [0.1, 0.15) is 33.5 Å². The largest absolute Gasteiger partial charge is 0.334 e. The summed E-state index contributed by atoms with van der Waals surface area (Å²) in [6.07, 6.45) is 3.86. The van der Waals surface area contributed by atoms with E-state index < -0.39 is 0 Å². The lowest BCUT2D eigenvalue weighted by Gasteiger charge is -2.20. The molecule has 0 bridgehead atoms. The van der Waals surface area contributed by atoms with Gasteiger partial charge >= 0.3 is 0 Å². The van der Waals surface area contributed by atoms with E-state index in [1.807, 2.05) is 12.4 Å². The van der Waals surface area contributed by atoms with Crippen molar-refractivity contribution in [3.05, 3.63) is 18.2 Å². The predicted octanol–water partition coefficient (Wildman–Crippen LogP) is 1.79. The van der Waals surface area contributed by atoms with Crippen LogP contribution >= 0.6 is 0 Å². The van der Waals surface area contributed by atoms with Crippen LogP contribution in [0.25, 0.3) is 0 Å². The highest BCUT2D eigenvalue weighted by Gasteiger charge is 2.10. The zero-order valence-corrected chi connectivity index (χ0v) is 8.96. The van der Waals surface area contributed by atoms with Crippen molar-refractivity contribution in [2.45, 2.75) is 46.3 Å². The number of aryl methyl sites for hydroxylation is 1. The van der Waals surface area contributed by atoms with E-state index in [0.29, 0.717) is 0 Å². The van der Waals surface area contributed by atoms with Gasteiger partial charge in [-0.05, 0) is 27.7 Å². The average molecular weight is 181 g/mol. The van der Waals surface area contributed by atoms with Gasteiger partial charge in [0.1, 0.15) is 5.82 Å². The molecule has 0 spiro atoms. The summed E-state index contributed by atoms with van der Waals surface area (Å²) >= 11 is 0. The molecule has 3 heteroatoms. The van der Waals surface area contributed by atoms with Gasteiger partial charge in [0.2, 0.25) is 0 Å². The molecular weight excluding hydrogens is 162 g/mol. The van der Waals surface area contributed by atoms with Gasteiger partial charge < -0.3 is 9.88 Å². The minimum absolute atomic E-state index is 0.157. The van der Waals surface area contributed by atoms with Gasteiger partial charge in [-0.15, -0.1) is 0 Å². The molecule has 0 aliphatic carbocycles. The van der Waals surface area contributed by atoms with Crippen LogP contribution in [-0.2, 0) is 13.1 Å². The molecule has 74 valence electrons. The molecular formula is C10H19N3. The van der Waals surface area contributed by atoms with Crippen LogP contribution in [0, 0.1) is 0 Å². The second-order valence-corrected chi connectivity index (χ2v) is 4.23. The Kier molecular flexibility index (Phi) is 3.09. The molecule has 0 saturated heterocycles. The van der Waals surface area contributed by atoms with Gasteiger partial charge in [-0.25, -0.2) is 4.98 Å². The molecule has 0 amide bonds. The fraction of sp³-hybridized carbons (Fsp3) is 0.700. The van der Waals surface area contributed by atoms with Crippen LogP contribution in [0.3, 0.4) is 0 Å². The van der Waals surface area contributed by atoms with Gasteiger partial charge in [0.25, 0.3) is 0 Å². The Labute approximate surface area is 80.2 Å². The second-order valence-electron chi connectivity index (χ2n) is 4.23. The first-order chi connectivity index (χ1) is 6.03. The van der Waals surface area contributed by atoms with E-state index in [4.69, 9.17) is 0 Å². The van der Waals surface area contributed by atoms with E-state index in [9.17, 15) is 0 Å². The van der Waals surface area contributed by atoms with Crippen LogP contribution in [0.2, 0.25) is 0 Å². The molecule has 1 rings (SSSR count). The maximum atomic E-state index is 4.29. The maximum absolute atomic E-state index is 4.29. The summed E-state index contributed by atoms with van der Waals surface area (Å²) in [5.74, 6) is 1.11. The molecule has 0 radical (unpaired) electrons. The molecule has 0 aliphatic rings. The smallest absolute Gasteiger partial charge is 0.122 e. The number of nitrogens with one attached hydrogen (secondary N) is 1. The fourth-order valence-electron chi connectivity index (χ4n) is 1.14. The van der Waals surface area contributed by atoms with Crippen LogP contribution in [0.4, 0.5) is 0 Å². The van der Waals surface area contributed by atoms with Gasteiger partial charge in [-0.1, -0.05) is 0 Å². The first-order valence-electron chi connectivity index (χ1n) is 4.78. The van der Waals surface area contributed by atoms with E-state index in [1.165, 1.54) is 0 Å². The van der Waals surface area contributed by atoms with E-state index in [1.54, 1.807) is 0 Å². The fourth-order valence-corrected chi connectivity index (χ4v) is 1.14. The SMILES string of the molecule is CCn1ccnc1CNC(C)(C)C. The Bertz CT molecular complexity index is 257. The Balaban J connectivity index is 2.54. The van der Waals surface area contributed by atoms with E-state index in [2.05, 4.69) is 42.6 Å². The number of imidazole rings is 1. The molecule has 1 aromatic heterocycles. The highest BCUT2D eigenvalue weighted by Crippen LogP contribution is 2.02. The summed E-state index contributed by atoms with van der Waals surface area (Å²) in [6, 6.07) is 0. The lowest BCUT2D eigenvalue weighted by Crippen LogP contribution is -2.35. The minimum Gasteiger partial charge on any atom is -0.334 e. The normalized spacial score (nSPS) is 12.0. The molecule has 0 fully saturated rings. The van der Waals surface area contributed by atoms with E-state index in [0.717, 1.165) is 18.9 Å². The molecule has 0 aromatic carbocycles. The third-order valence-corrected chi connectivity index (χ3v) is 1.92. The van der Waals surface area contributed by atoms with Gasteiger partial charge in [-0.2, -0.15) is 0 Å². The Hall–Kier alpha value is -0.830. The van der Waals surface area contributed by atoms with E-state index in [-0.39, 0.29) is 5.54 Å². The topological polar surface area (TPSA) is 29.9 Å². The van der Waals surface area contributed by atoms with Crippen molar-refractivity contribution >= 4 is 0 Å². The van der Waals surface area contributed by atoms with E-state index >= 15 is 0 Å². The first-order valence-corrected chi connectivity index (χ1v) is 4.78. The van der Waals surface area contributed by atoms with Crippen LogP contribution < -0.4 is 5.32 Å². The van der Waals surface area contributed by atoms with Crippen molar-refractivity contribution < 1.29 is 0 Å². The summed E-state index contributed by atoms with van der Waals surface area (Å²) in [5, 5.41) is 3.42. The highest BCUT2D eigenvalue weighted by atomic mass is 15.1. The summed E-state index contributed by atoms with van der Waals surface area (Å²) in [4.78, 5) is 4.29. The van der Waals surface area contributed by atoms with Gasteiger partial charge in [-0.3, -0.25) is 0 Å². The van der Waals surface area contributed by atoms with Crippen molar-refractivity contribution in [3.63, 3.8) is 0 Å². The maximum Gasteiger partial charge on any atom is 0.122 e. The number of hydrogen-bond acceptors (Lipinski definition) is 2. The molecule has 0 aliphatic heterocycles. The predicted molar refractivity (Wildman–Crippen MR) is 54.5 cm³/mol. The van der Waals surface area contributed by atoms with Crippen LogP contribution in [0.5, 0.6) is 0 Å². The zero-order chi connectivity index (χ0) is 9.90. The van der Waals surface area contributed by atoms with Crippen molar-refractivity contribution in [3.8, 4) is 0 Å². The monoisotopic (exact) mass is 181 g/mol. The lowest BCUT2D eigenvalue weighted by atomic mass is 10.1. The summed E-state index contributed by atoms with van der Waals surface area (Å²) < 4.78 is 2.15. The third-order valence-electron chi connectivity index (χ3n) is 1.92. The molecule has 0 saturated carbocycles. The second kappa shape index (κ2) is 3.92. The molecule has 1 heterocycles. The molecule has 0 unspecified atom stereocenters. The molecule has 13 heavy (non-hydrogen) atoms. The third kappa shape index (κ3) is 3.19. The number of hydrogen-bond donors (Lipinski definition) is 1. The van der Waals surface area contributed by atoms with Crippen molar-refractivity contribution in [1.82, 2.24) is 14.9 Å². The van der Waals surface area contributed by atoms with Crippen molar-refractivity contribution in [2.24, 2.45) is 0 Å². The van der Waals surface area contributed by atoms with Crippen molar-refractivity contribution in [2.75, 3.05) is 0 Å². The van der Waals surface area contributed by atoms with Crippen LogP contribution in [0.15, 0.2) is 12.4 Å². The molecule has 1 N–H and O–H groups in total. The number of nitrogens with zero attached hydrogens (tertiary/aromatic N) is 2. The quantitative estimate of drug-likeness (QED) is 0.770. The van der Waals surface area contributed by atoms with Crippen LogP contribution in [-0.4, -0.2) is 15.1 Å². The Morgan fingerprint density at radius 2 is 2.15 bits per heavy atom. The summed E-state index contributed by atoms with van der Waals surface area (Å²) in [5.41, 5.74) is 0.157. The Morgan fingerprint density at radius 1 is 1.46 bits per heavy atom. The Morgan fingerprint density at radius 3 is 2.69 bits per heavy atom.